The molecule has 1 aliphatic heterocycles. The molecule has 0 radical (unpaired) electrons. The molecule has 0 aromatic heterocycles. The van der Waals surface area contributed by atoms with Gasteiger partial charge in [-0.2, -0.15) is 4.99 Å². The normalized spacial score (nSPS) is 16.5. The number of guanidine groups is 1. The third-order valence-corrected chi connectivity index (χ3v) is 4.64. The first-order valence-corrected chi connectivity index (χ1v) is 8.87. The van der Waals surface area contributed by atoms with Crippen molar-refractivity contribution in [3.63, 3.8) is 0 Å². The van der Waals surface area contributed by atoms with Crippen LogP contribution in [0.1, 0.15) is 28.3 Å². The summed E-state index contributed by atoms with van der Waals surface area (Å²) in [5, 5.41) is 7.18. The Kier molecular flexibility index (Phi) is 5.47. The van der Waals surface area contributed by atoms with E-state index in [0.29, 0.717) is 17.3 Å². The second-order valence-corrected chi connectivity index (χ2v) is 6.87. The maximum absolute atomic E-state index is 13.7. The van der Waals surface area contributed by atoms with Gasteiger partial charge in [0.25, 0.3) is 0 Å². The molecular formula is C20H22ClFN4. The number of nitrogens with two attached hydrogens (primary N) is 1. The summed E-state index contributed by atoms with van der Waals surface area (Å²) in [6, 6.07) is 11.0. The predicted molar refractivity (Wildman–Crippen MR) is 105 cm³/mol. The zero-order valence-corrected chi connectivity index (χ0v) is 15.6. The molecule has 1 aliphatic rings. The van der Waals surface area contributed by atoms with Crippen molar-refractivity contribution < 1.29 is 4.39 Å². The molecule has 4 N–H and O–H groups in total. The third-order valence-electron chi connectivity index (χ3n) is 4.38. The lowest BCUT2D eigenvalue weighted by Gasteiger charge is -2.24. The summed E-state index contributed by atoms with van der Waals surface area (Å²) in [5.41, 5.74) is 9.60. The van der Waals surface area contributed by atoms with Crippen LogP contribution in [0.2, 0.25) is 5.02 Å². The first-order valence-electron chi connectivity index (χ1n) is 8.50. The first kappa shape index (κ1) is 18.3. The second-order valence-electron chi connectivity index (χ2n) is 6.43. The largest absolute Gasteiger partial charge is 0.370 e. The van der Waals surface area contributed by atoms with E-state index in [-0.39, 0.29) is 11.9 Å². The van der Waals surface area contributed by atoms with E-state index in [4.69, 9.17) is 17.3 Å². The molecule has 136 valence electrons. The Morgan fingerprint density at radius 1 is 1.19 bits per heavy atom. The minimum Gasteiger partial charge on any atom is -0.370 e. The fraction of sp³-hybridized carbons (Fsp3) is 0.250. The Hall–Kier alpha value is -2.53. The quantitative estimate of drug-likeness (QED) is 0.749. The number of hydrogen-bond donors (Lipinski definition) is 3. The highest BCUT2D eigenvalue weighted by Crippen LogP contribution is 2.25. The van der Waals surface area contributed by atoms with Gasteiger partial charge in [0.2, 0.25) is 0 Å². The van der Waals surface area contributed by atoms with Gasteiger partial charge in [0.15, 0.2) is 5.96 Å². The SMILES string of the molecule is Cc1cc(C2C=C(NCCc3ccc(Cl)cc3)N=C(N)N2)c(C)cc1F. The van der Waals surface area contributed by atoms with Crippen LogP contribution in [-0.4, -0.2) is 12.5 Å². The molecule has 0 amide bonds. The standard InChI is InChI=1S/C20H22ClFN4/c1-12-10-17(22)13(2)9-16(12)18-11-19(26-20(23)25-18)24-8-7-14-3-5-15(21)6-4-14/h3-6,9-11,18,24H,7-8H2,1-2H3,(H3,23,25,26). The molecule has 0 aliphatic carbocycles. The highest BCUT2D eigenvalue weighted by molar-refractivity contribution is 6.30. The van der Waals surface area contributed by atoms with Crippen molar-refractivity contribution in [3.8, 4) is 0 Å². The lowest BCUT2D eigenvalue weighted by atomic mass is 9.97. The lowest BCUT2D eigenvalue weighted by molar-refractivity contribution is 0.613. The van der Waals surface area contributed by atoms with Gasteiger partial charge in [-0.05, 0) is 66.8 Å². The zero-order valence-electron chi connectivity index (χ0n) is 14.8. The van der Waals surface area contributed by atoms with E-state index >= 15 is 0 Å². The Bertz CT molecular complexity index is 859. The number of benzene rings is 2. The molecule has 1 heterocycles. The van der Waals surface area contributed by atoms with Gasteiger partial charge in [-0.25, -0.2) is 4.39 Å². The third kappa shape index (κ3) is 4.35. The summed E-state index contributed by atoms with van der Waals surface area (Å²) < 4.78 is 13.7. The van der Waals surface area contributed by atoms with Crippen LogP contribution in [0.25, 0.3) is 0 Å². The van der Waals surface area contributed by atoms with Crippen molar-refractivity contribution in [1.82, 2.24) is 10.6 Å². The fourth-order valence-corrected chi connectivity index (χ4v) is 3.07. The molecule has 3 rings (SSSR count). The highest BCUT2D eigenvalue weighted by Gasteiger charge is 2.18. The number of hydrogen-bond acceptors (Lipinski definition) is 4. The van der Waals surface area contributed by atoms with Crippen LogP contribution >= 0.6 is 11.6 Å². The minimum atomic E-state index is -0.200. The smallest absolute Gasteiger partial charge is 0.195 e. The molecule has 0 saturated carbocycles. The zero-order chi connectivity index (χ0) is 18.7. The summed E-state index contributed by atoms with van der Waals surface area (Å²) in [6.45, 7) is 4.37. The van der Waals surface area contributed by atoms with Crippen LogP contribution in [0, 0.1) is 19.7 Å². The van der Waals surface area contributed by atoms with Crippen molar-refractivity contribution in [2.45, 2.75) is 26.3 Å². The monoisotopic (exact) mass is 372 g/mol. The number of nitrogens with zero attached hydrogens (tertiary/aromatic N) is 1. The van der Waals surface area contributed by atoms with E-state index in [1.165, 1.54) is 5.56 Å². The highest BCUT2D eigenvalue weighted by atomic mass is 35.5. The summed E-state index contributed by atoms with van der Waals surface area (Å²) in [6.07, 6.45) is 2.81. The molecule has 6 heteroatoms. The molecule has 1 atom stereocenters. The Labute approximate surface area is 158 Å². The lowest BCUT2D eigenvalue weighted by Crippen LogP contribution is -2.38. The number of nitrogens with one attached hydrogen (secondary N) is 2. The molecule has 0 spiro atoms. The van der Waals surface area contributed by atoms with Crippen LogP contribution in [0.3, 0.4) is 0 Å². The molecule has 4 nitrogen and oxygen atoms in total. The van der Waals surface area contributed by atoms with Gasteiger partial charge < -0.3 is 16.4 Å². The predicted octanol–water partition coefficient (Wildman–Crippen LogP) is 3.73. The second kappa shape index (κ2) is 7.79. The molecular weight excluding hydrogens is 351 g/mol. The van der Waals surface area contributed by atoms with Crippen molar-refractivity contribution in [3.05, 3.63) is 81.4 Å². The molecule has 2 aromatic rings. The Morgan fingerprint density at radius 3 is 2.65 bits per heavy atom. The Balaban J connectivity index is 1.70. The van der Waals surface area contributed by atoms with Crippen LogP contribution in [0.5, 0.6) is 0 Å². The van der Waals surface area contributed by atoms with Crippen LogP contribution in [0.4, 0.5) is 4.39 Å². The van der Waals surface area contributed by atoms with Gasteiger partial charge in [0, 0.05) is 11.6 Å². The topological polar surface area (TPSA) is 62.4 Å². The average molecular weight is 373 g/mol. The van der Waals surface area contributed by atoms with E-state index in [1.807, 2.05) is 43.3 Å². The molecule has 0 saturated heterocycles. The number of rotatable bonds is 5. The van der Waals surface area contributed by atoms with E-state index in [2.05, 4.69) is 15.6 Å². The van der Waals surface area contributed by atoms with Crippen LogP contribution < -0.4 is 16.4 Å². The summed E-state index contributed by atoms with van der Waals surface area (Å²) >= 11 is 5.90. The first-order chi connectivity index (χ1) is 12.4. The van der Waals surface area contributed by atoms with Gasteiger partial charge in [-0.3, -0.25) is 0 Å². The van der Waals surface area contributed by atoms with E-state index in [0.717, 1.165) is 29.1 Å². The Morgan fingerprint density at radius 2 is 1.92 bits per heavy atom. The van der Waals surface area contributed by atoms with Gasteiger partial charge in [0.1, 0.15) is 11.6 Å². The fourth-order valence-electron chi connectivity index (χ4n) is 2.95. The van der Waals surface area contributed by atoms with Crippen molar-refractivity contribution in [2.24, 2.45) is 10.7 Å². The average Bonchev–Trinajstić information content (AvgIpc) is 2.59. The molecule has 1 unspecified atom stereocenters. The van der Waals surface area contributed by atoms with E-state index in [9.17, 15) is 4.39 Å². The molecule has 2 aromatic carbocycles. The maximum atomic E-state index is 13.7. The van der Waals surface area contributed by atoms with E-state index < -0.39 is 0 Å². The van der Waals surface area contributed by atoms with Gasteiger partial charge in [-0.1, -0.05) is 29.8 Å². The maximum Gasteiger partial charge on any atom is 0.195 e. The number of halogens is 2. The van der Waals surface area contributed by atoms with Gasteiger partial charge >= 0.3 is 0 Å². The minimum absolute atomic E-state index is 0.148. The molecule has 26 heavy (non-hydrogen) atoms. The van der Waals surface area contributed by atoms with Crippen molar-refractivity contribution >= 4 is 17.6 Å². The summed E-state index contributed by atoms with van der Waals surface area (Å²) in [4.78, 5) is 4.31. The number of aliphatic imine (C=N–C) groups is 1. The van der Waals surface area contributed by atoms with Crippen molar-refractivity contribution in [2.75, 3.05) is 6.54 Å². The summed E-state index contributed by atoms with van der Waals surface area (Å²) in [5.74, 6) is 0.850. The summed E-state index contributed by atoms with van der Waals surface area (Å²) in [7, 11) is 0. The van der Waals surface area contributed by atoms with Gasteiger partial charge in [-0.15, -0.1) is 0 Å². The van der Waals surface area contributed by atoms with Gasteiger partial charge in [0.05, 0.1) is 6.04 Å². The van der Waals surface area contributed by atoms with Crippen LogP contribution in [0.15, 0.2) is 53.3 Å². The molecule has 0 bridgehead atoms. The number of aryl methyl sites for hydroxylation is 2. The van der Waals surface area contributed by atoms with Crippen LogP contribution in [-0.2, 0) is 6.42 Å². The van der Waals surface area contributed by atoms with E-state index in [1.54, 1.807) is 13.0 Å². The van der Waals surface area contributed by atoms with Crippen molar-refractivity contribution in [1.29, 1.82) is 0 Å². The molecule has 0 fully saturated rings.